The first-order valence-corrected chi connectivity index (χ1v) is 3.29. The Labute approximate surface area is 54.5 Å². The average molecular weight is 127 g/mol. The molecule has 0 radical (unpaired) electrons. The van der Waals surface area contributed by atoms with Crippen molar-refractivity contribution in [3.05, 3.63) is 24.0 Å². The van der Waals surface area contributed by atoms with E-state index in [1.54, 1.807) is 0 Å². The molecular weight excluding hydrogens is 118 g/mol. The van der Waals surface area contributed by atoms with Crippen molar-refractivity contribution >= 4 is 12.6 Å². The quantitative estimate of drug-likeness (QED) is 0.560. The van der Waals surface area contributed by atoms with E-state index in [9.17, 15) is 0 Å². The fourth-order valence-corrected chi connectivity index (χ4v) is 0.901. The van der Waals surface area contributed by atoms with Gasteiger partial charge >= 0.3 is 0 Å². The summed E-state index contributed by atoms with van der Waals surface area (Å²) in [5.41, 5.74) is 1.33. The van der Waals surface area contributed by atoms with Crippen LogP contribution in [0, 0.1) is 0 Å². The number of hydrogen-bond acceptors (Lipinski definition) is 1. The molecule has 8 heavy (non-hydrogen) atoms. The lowest BCUT2D eigenvalue weighted by Gasteiger charge is -1.85. The Bertz CT molecular complexity index is 134. The molecule has 0 aliphatic rings. The molecule has 1 nitrogen and oxygen atoms in total. The molecule has 0 saturated carbocycles. The molecule has 0 bridgehead atoms. The highest BCUT2D eigenvalue weighted by molar-refractivity contribution is 7.80. The maximum atomic E-state index is 4.09. The number of aromatic nitrogens is 1. The second-order valence-corrected chi connectivity index (χ2v) is 2.14. The smallest absolute Gasteiger partial charge is 0.00376 e. The zero-order chi connectivity index (χ0) is 5.82. The van der Waals surface area contributed by atoms with Gasteiger partial charge in [0.15, 0.2) is 0 Å². The minimum atomic E-state index is 0.928. The van der Waals surface area contributed by atoms with Gasteiger partial charge in [0, 0.05) is 12.4 Å². The molecule has 0 aromatic carbocycles. The Morgan fingerprint density at radius 1 is 1.62 bits per heavy atom. The van der Waals surface area contributed by atoms with Crippen LogP contribution < -0.4 is 0 Å². The van der Waals surface area contributed by atoms with Crippen molar-refractivity contribution in [3.63, 3.8) is 0 Å². The van der Waals surface area contributed by atoms with E-state index in [1.165, 1.54) is 5.56 Å². The standard InChI is InChI=1S/C6H9NS/c8-4-2-6-1-3-7-5-6/h1,3,5,7-8H,2,4H2. The molecule has 1 aromatic rings. The van der Waals surface area contributed by atoms with Crippen LogP contribution in [0.1, 0.15) is 5.56 Å². The Kier molecular flexibility index (Phi) is 2.03. The van der Waals surface area contributed by atoms with Gasteiger partial charge in [-0.2, -0.15) is 12.6 Å². The SMILES string of the molecule is SCCc1cc[nH]c1. The number of nitrogens with one attached hydrogen (secondary N) is 1. The monoisotopic (exact) mass is 127 g/mol. The normalized spacial score (nSPS) is 9.62. The lowest BCUT2D eigenvalue weighted by atomic mass is 10.3. The van der Waals surface area contributed by atoms with Crippen molar-refractivity contribution in [1.82, 2.24) is 4.98 Å². The van der Waals surface area contributed by atoms with Crippen molar-refractivity contribution in [1.29, 1.82) is 0 Å². The third kappa shape index (κ3) is 1.30. The summed E-state index contributed by atoms with van der Waals surface area (Å²) in [4.78, 5) is 2.98. The summed E-state index contributed by atoms with van der Waals surface area (Å²) in [6, 6.07) is 2.07. The molecular formula is C6H9NS. The first-order chi connectivity index (χ1) is 3.93. The molecule has 1 N–H and O–H groups in total. The first kappa shape index (κ1) is 5.76. The number of aromatic amines is 1. The molecule has 2 heteroatoms. The van der Waals surface area contributed by atoms with Gasteiger partial charge in [-0.3, -0.25) is 0 Å². The third-order valence-electron chi connectivity index (χ3n) is 1.06. The van der Waals surface area contributed by atoms with Crippen LogP contribution in [0.2, 0.25) is 0 Å². The highest BCUT2D eigenvalue weighted by atomic mass is 32.1. The van der Waals surface area contributed by atoms with Crippen LogP contribution in [0.4, 0.5) is 0 Å². The zero-order valence-electron chi connectivity index (χ0n) is 4.59. The van der Waals surface area contributed by atoms with Gasteiger partial charge in [-0.25, -0.2) is 0 Å². The van der Waals surface area contributed by atoms with Crippen molar-refractivity contribution < 1.29 is 0 Å². The summed E-state index contributed by atoms with van der Waals surface area (Å²) >= 11 is 4.09. The number of thiol groups is 1. The van der Waals surface area contributed by atoms with Crippen molar-refractivity contribution in [3.8, 4) is 0 Å². The maximum absolute atomic E-state index is 4.09. The number of H-pyrrole nitrogens is 1. The van der Waals surface area contributed by atoms with E-state index in [0.29, 0.717) is 0 Å². The minimum absolute atomic E-state index is 0.928. The molecule has 1 heterocycles. The molecule has 0 aliphatic carbocycles. The molecule has 0 fully saturated rings. The number of hydrogen-bond donors (Lipinski definition) is 2. The fraction of sp³-hybridized carbons (Fsp3) is 0.333. The van der Waals surface area contributed by atoms with Gasteiger partial charge in [0.2, 0.25) is 0 Å². The van der Waals surface area contributed by atoms with Crippen LogP contribution in [-0.4, -0.2) is 10.7 Å². The molecule has 1 aromatic heterocycles. The second kappa shape index (κ2) is 2.82. The van der Waals surface area contributed by atoms with Crippen LogP contribution in [0.15, 0.2) is 18.5 Å². The van der Waals surface area contributed by atoms with E-state index in [0.717, 1.165) is 12.2 Å². The van der Waals surface area contributed by atoms with E-state index >= 15 is 0 Å². The molecule has 44 valence electrons. The predicted molar refractivity (Wildman–Crippen MR) is 38.3 cm³/mol. The van der Waals surface area contributed by atoms with Gasteiger partial charge in [-0.1, -0.05) is 0 Å². The molecule has 0 unspecified atom stereocenters. The summed E-state index contributed by atoms with van der Waals surface area (Å²) in [6.07, 6.45) is 4.99. The number of aryl methyl sites for hydroxylation is 1. The summed E-state index contributed by atoms with van der Waals surface area (Å²) < 4.78 is 0. The van der Waals surface area contributed by atoms with E-state index in [1.807, 2.05) is 12.4 Å². The van der Waals surface area contributed by atoms with E-state index in [-0.39, 0.29) is 0 Å². The Morgan fingerprint density at radius 2 is 2.50 bits per heavy atom. The van der Waals surface area contributed by atoms with Gasteiger partial charge in [0.25, 0.3) is 0 Å². The Hall–Kier alpha value is -0.370. The van der Waals surface area contributed by atoms with Crippen molar-refractivity contribution in [2.45, 2.75) is 6.42 Å². The van der Waals surface area contributed by atoms with Crippen LogP contribution in [-0.2, 0) is 6.42 Å². The highest BCUT2D eigenvalue weighted by Gasteiger charge is 1.86. The molecule has 0 aliphatic heterocycles. The van der Waals surface area contributed by atoms with Crippen molar-refractivity contribution in [2.24, 2.45) is 0 Å². The zero-order valence-corrected chi connectivity index (χ0v) is 5.49. The molecule has 0 saturated heterocycles. The third-order valence-corrected chi connectivity index (χ3v) is 1.29. The first-order valence-electron chi connectivity index (χ1n) is 2.66. The summed E-state index contributed by atoms with van der Waals surface area (Å²) in [5, 5.41) is 0. The van der Waals surface area contributed by atoms with Gasteiger partial charge in [0.05, 0.1) is 0 Å². The summed E-state index contributed by atoms with van der Waals surface area (Å²) in [7, 11) is 0. The Balaban J connectivity index is 2.50. The topological polar surface area (TPSA) is 15.8 Å². The van der Waals surface area contributed by atoms with Crippen LogP contribution in [0.3, 0.4) is 0 Å². The maximum Gasteiger partial charge on any atom is 0.00376 e. The molecule has 0 atom stereocenters. The average Bonchev–Trinajstić information content (AvgIpc) is 2.19. The van der Waals surface area contributed by atoms with Gasteiger partial charge in [0.1, 0.15) is 0 Å². The number of rotatable bonds is 2. The molecule has 0 spiro atoms. The lowest BCUT2D eigenvalue weighted by molar-refractivity contribution is 1.17. The highest BCUT2D eigenvalue weighted by Crippen LogP contribution is 1.97. The van der Waals surface area contributed by atoms with Gasteiger partial charge in [-0.05, 0) is 23.8 Å². The van der Waals surface area contributed by atoms with Gasteiger partial charge in [-0.15, -0.1) is 0 Å². The minimum Gasteiger partial charge on any atom is -0.367 e. The van der Waals surface area contributed by atoms with Crippen molar-refractivity contribution in [2.75, 3.05) is 5.75 Å². The predicted octanol–water partition coefficient (Wildman–Crippen LogP) is 1.49. The van der Waals surface area contributed by atoms with Crippen LogP contribution in [0.5, 0.6) is 0 Å². The second-order valence-electron chi connectivity index (χ2n) is 1.69. The Morgan fingerprint density at radius 3 is 3.00 bits per heavy atom. The van der Waals surface area contributed by atoms with Crippen LogP contribution in [0.25, 0.3) is 0 Å². The van der Waals surface area contributed by atoms with Gasteiger partial charge < -0.3 is 4.98 Å². The van der Waals surface area contributed by atoms with E-state index in [4.69, 9.17) is 0 Å². The summed E-state index contributed by atoms with van der Waals surface area (Å²) in [5.74, 6) is 0.928. The lowest BCUT2D eigenvalue weighted by Crippen LogP contribution is -1.79. The largest absolute Gasteiger partial charge is 0.367 e. The summed E-state index contributed by atoms with van der Waals surface area (Å²) in [6.45, 7) is 0. The molecule has 1 rings (SSSR count). The van der Waals surface area contributed by atoms with E-state index in [2.05, 4.69) is 23.7 Å². The van der Waals surface area contributed by atoms with E-state index < -0.39 is 0 Å². The fourth-order valence-electron chi connectivity index (χ4n) is 0.643. The molecule has 0 amide bonds. The van der Waals surface area contributed by atoms with Crippen LogP contribution >= 0.6 is 12.6 Å².